The fraction of sp³-hybridized carbons (Fsp3) is 0.200. The van der Waals surface area contributed by atoms with E-state index in [9.17, 15) is 4.79 Å². The molecule has 0 saturated heterocycles. The number of nitrogens with one attached hydrogen (secondary N) is 2. The van der Waals surface area contributed by atoms with Crippen LogP contribution in [-0.4, -0.2) is 40.1 Å². The van der Waals surface area contributed by atoms with Gasteiger partial charge in [-0.05, 0) is 22.9 Å². The number of likely N-dealkylation sites (N-methyl/N-ethyl adjacent to an activating group) is 1. The van der Waals surface area contributed by atoms with Gasteiger partial charge in [-0.25, -0.2) is 0 Å². The maximum atomic E-state index is 11.9. The molecule has 22 heavy (non-hydrogen) atoms. The first-order valence-electron chi connectivity index (χ1n) is 6.91. The van der Waals surface area contributed by atoms with Gasteiger partial charge in [0, 0.05) is 12.7 Å². The van der Waals surface area contributed by atoms with Gasteiger partial charge in [0.15, 0.2) is 5.82 Å². The van der Waals surface area contributed by atoms with Crippen LogP contribution in [0.3, 0.4) is 0 Å². The number of carbonyl (C=O) groups excluding carboxylic acids is 1. The lowest BCUT2D eigenvalue weighted by molar-refractivity contribution is -0.119. The highest BCUT2D eigenvalue weighted by Gasteiger charge is 2.09. The van der Waals surface area contributed by atoms with Gasteiger partial charge in [0.25, 0.3) is 0 Å². The Balaban J connectivity index is 1.62. The minimum absolute atomic E-state index is 0.0968. The molecule has 0 aliphatic heterocycles. The van der Waals surface area contributed by atoms with E-state index in [0.717, 1.165) is 11.1 Å². The number of carbonyl (C=O) groups is 1. The van der Waals surface area contributed by atoms with Crippen LogP contribution in [0.4, 0.5) is 5.69 Å². The fourth-order valence-electron chi connectivity index (χ4n) is 2.21. The van der Waals surface area contributed by atoms with Gasteiger partial charge >= 0.3 is 0 Å². The van der Waals surface area contributed by atoms with Gasteiger partial charge in [0.05, 0.1) is 13.1 Å². The maximum absolute atomic E-state index is 11.9. The Labute approximate surface area is 127 Å². The quantitative estimate of drug-likeness (QED) is 0.736. The van der Waals surface area contributed by atoms with Crippen molar-refractivity contribution < 1.29 is 4.79 Å². The largest absolute Gasteiger partial charge is 0.365 e. The summed E-state index contributed by atoms with van der Waals surface area (Å²) in [4.78, 5) is 13.8. The molecule has 0 bridgehead atoms. The SMILES string of the molecule is CN(CC(=O)NCc1nn[nH]n1)c1ccc2ccccc2c1. The normalized spacial score (nSPS) is 10.6. The van der Waals surface area contributed by atoms with Crippen LogP contribution in [0.25, 0.3) is 10.8 Å². The Bertz CT molecular complexity index is 771. The summed E-state index contributed by atoms with van der Waals surface area (Å²) in [5.74, 6) is 0.363. The number of amides is 1. The Kier molecular flexibility index (Phi) is 3.95. The third-order valence-corrected chi connectivity index (χ3v) is 3.39. The second kappa shape index (κ2) is 6.21. The molecule has 112 valence electrons. The van der Waals surface area contributed by atoms with Crippen molar-refractivity contribution in [1.82, 2.24) is 25.9 Å². The molecule has 0 atom stereocenters. The zero-order chi connectivity index (χ0) is 15.4. The predicted octanol–water partition coefficient (Wildman–Crippen LogP) is 1.11. The molecule has 3 rings (SSSR count). The molecule has 7 heteroatoms. The highest BCUT2D eigenvalue weighted by molar-refractivity contribution is 5.87. The predicted molar refractivity (Wildman–Crippen MR) is 83.2 cm³/mol. The third-order valence-electron chi connectivity index (χ3n) is 3.39. The zero-order valence-corrected chi connectivity index (χ0v) is 12.2. The van der Waals surface area contributed by atoms with Gasteiger partial charge in [0.1, 0.15) is 0 Å². The number of anilines is 1. The Morgan fingerprint density at radius 2 is 2.05 bits per heavy atom. The van der Waals surface area contributed by atoms with Crippen LogP contribution in [0.5, 0.6) is 0 Å². The molecule has 3 aromatic rings. The van der Waals surface area contributed by atoms with Gasteiger partial charge in [-0.15, -0.1) is 10.2 Å². The Morgan fingerprint density at radius 3 is 2.82 bits per heavy atom. The number of aromatic amines is 1. The topological polar surface area (TPSA) is 86.8 Å². The summed E-state index contributed by atoms with van der Waals surface area (Å²) in [5.41, 5.74) is 0.994. The van der Waals surface area contributed by atoms with Gasteiger partial charge in [-0.3, -0.25) is 4.79 Å². The Morgan fingerprint density at radius 1 is 1.23 bits per heavy atom. The van der Waals surface area contributed by atoms with Crippen LogP contribution in [0.2, 0.25) is 0 Å². The average molecular weight is 296 g/mol. The lowest BCUT2D eigenvalue weighted by Crippen LogP contribution is -2.35. The van der Waals surface area contributed by atoms with Crippen LogP contribution in [0.15, 0.2) is 42.5 Å². The molecule has 0 radical (unpaired) electrons. The van der Waals surface area contributed by atoms with E-state index in [4.69, 9.17) is 0 Å². The van der Waals surface area contributed by atoms with Crippen LogP contribution < -0.4 is 10.2 Å². The van der Waals surface area contributed by atoms with E-state index in [1.54, 1.807) is 0 Å². The molecule has 1 heterocycles. The lowest BCUT2D eigenvalue weighted by Gasteiger charge is -2.19. The van der Waals surface area contributed by atoms with Gasteiger partial charge in [-0.2, -0.15) is 5.21 Å². The van der Waals surface area contributed by atoms with E-state index < -0.39 is 0 Å². The van der Waals surface area contributed by atoms with Crippen molar-refractivity contribution >= 4 is 22.4 Å². The van der Waals surface area contributed by atoms with Gasteiger partial charge < -0.3 is 10.2 Å². The molecule has 0 aliphatic carbocycles. The fourth-order valence-corrected chi connectivity index (χ4v) is 2.21. The van der Waals surface area contributed by atoms with Gasteiger partial charge in [-0.1, -0.05) is 35.5 Å². The number of H-pyrrole nitrogens is 1. The molecule has 2 N–H and O–H groups in total. The zero-order valence-electron chi connectivity index (χ0n) is 12.2. The third kappa shape index (κ3) is 3.20. The molecule has 0 aliphatic rings. The van der Waals surface area contributed by atoms with E-state index in [1.807, 2.05) is 30.1 Å². The van der Waals surface area contributed by atoms with Crippen molar-refractivity contribution in [2.45, 2.75) is 6.54 Å². The van der Waals surface area contributed by atoms with E-state index >= 15 is 0 Å². The lowest BCUT2D eigenvalue weighted by atomic mass is 10.1. The standard InChI is InChI=1S/C15H16N6O/c1-21(10-15(22)16-9-14-17-19-20-18-14)13-7-6-11-4-2-3-5-12(11)8-13/h2-8H,9-10H2,1H3,(H,16,22)(H,17,18,19,20). The van der Waals surface area contributed by atoms with Crippen molar-refractivity contribution in [1.29, 1.82) is 0 Å². The van der Waals surface area contributed by atoms with Crippen molar-refractivity contribution in [3.8, 4) is 0 Å². The summed E-state index contributed by atoms with van der Waals surface area (Å²) in [5, 5.41) is 18.4. The summed E-state index contributed by atoms with van der Waals surface area (Å²) in [6.07, 6.45) is 0. The van der Waals surface area contributed by atoms with E-state index in [-0.39, 0.29) is 19.0 Å². The second-order valence-electron chi connectivity index (χ2n) is 4.99. The number of fused-ring (bicyclic) bond motifs is 1. The number of aromatic nitrogens is 4. The molecule has 1 aromatic heterocycles. The number of hydrogen-bond acceptors (Lipinski definition) is 5. The van der Waals surface area contributed by atoms with Gasteiger partial charge in [0.2, 0.25) is 5.91 Å². The Hall–Kier alpha value is -2.96. The molecule has 7 nitrogen and oxygen atoms in total. The maximum Gasteiger partial charge on any atom is 0.239 e. The minimum Gasteiger partial charge on any atom is -0.365 e. The number of tetrazole rings is 1. The first kappa shape index (κ1) is 14.0. The summed E-state index contributed by atoms with van der Waals surface area (Å²) in [6, 6.07) is 14.3. The van der Waals surface area contributed by atoms with Crippen LogP contribution in [0, 0.1) is 0 Å². The number of nitrogens with zero attached hydrogens (tertiary/aromatic N) is 4. The van der Waals surface area contributed by atoms with Crippen molar-refractivity contribution in [3.05, 3.63) is 48.3 Å². The van der Waals surface area contributed by atoms with Crippen LogP contribution >= 0.6 is 0 Å². The van der Waals surface area contributed by atoms with Crippen LogP contribution in [-0.2, 0) is 11.3 Å². The smallest absolute Gasteiger partial charge is 0.239 e. The number of rotatable bonds is 5. The number of benzene rings is 2. The highest BCUT2D eigenvalue weighted by atomic mass is 16.2. The summed E-state index contributed by atoms with van der Waals surface area (Å²) in [6.45, 7) is 0.525. The van der Waals surface area contributed by atoms with Crippen molar-refractivity contribution in [3.63, 3.8) is 0 Å². The molecule has 2 aromatic carbocycles. The molecule has 0 spiro atoms. The molecule has 0 fully saturated rings. The van der Waals surface area contributed by atoms with E-state index in [1.165, 1.54) is 5.39 Å². The monoisotopic (exact) mass is 296 g/mol. The summed E-state index contributed by atoms with van der Waals surface area (Å²) < 4.78 is 0. The highest BCUT2D eigenvalue weighted by Crippen LogP contribution is 2.20. The molecular formula is C15H16N6O. The average Bonchev–Trinajstić information content (AvgIpc) is 3.06. The first-order valence-corrected chi connectivity index (χ1v) is 6.91. The summed E-state index contributed by atoms with van der Waals surface area (Å²) in [7, 11) is 1.89. The molecule has 0 saturated carbocycles. The first-order chi connectivity index (χ1) is 10.7. The minimum atomic E-state index is -0.0968. The molecule has 0 unspecified atom stereocenters. The molecular weight excluding hydrogens is 280 g/mol. The second-order valence-corrected chi connectivity index (χ2v) is 4.99. The van der Waals surface area contributed by atoms with E-state index in [0.29, 0.717) is 5.82 Å². The van der Waals surface area contributed by atoms with Crippen molar-refractivity contribution in [2.75, 3.05) is 18.5 Å². The molecule has 1 amide bonds. The summed E-state index contributed by atoms with van der Waals surface area (Å²) >= 11 is 0. The van der Waals surface area contributed by atoms with Crippen LogP contribution in [0.1, 0.15) is 5.82 Å². The van der Waals surface area contributed by atoms with E-state index in [2.05, 4.69) is 50.2 Å². The number of hydrogen-bond donors (Lipinski definition) is 2. The van der Waals surface area contributed by atoms with Crippen molar-refractivity contribution in [2.24, 2.45) is 0 Å².